The van der Waals surface area contributed by atoms with E-state index in [9.17, 15) is 14.7 Å². The lowest BCUT2D eigenvalue weighted by atomic mass is 10.2. The molecule has 1 N–H and O–H groups in total. The van der Waals surface area contributed by atoms with Crippen LogP contribution in [0.4, 0.5) is 0 Å². The number of halogens is 1. The normalized spacial score (nSPS) is 9.82. The summed E-state index contributed by atoms with van der Waals surface area (Å²) in [6.07, 6.45) is 0. The zero-order valence-corrected chi connectivity index (χ0v) is 10.9. The Morgan fingerprint density at radius 2 is 1.94 bits per heavy atom. The maximum absolute atomic E-state index is 10.8. The summed E-state index contributed by atoms with van der Waals surface area (Å²) in [6.45, 7) is 2.50. The van der Waals surface area contributed by atoms with E-state index in [1.807, 2.05) is 0 Å². The van der Waals surface area contributed by atoms with Crippen LogP contribution in [0, 0.1) is 0 Å². The van der Waals surface area contributed by atoms with E-state index in [1.165, 1.54) is 26.0 Å². The number of ether oxygens (including phenoxy) is 2. The Kier molecular flexibility index (Phi) is 4.51. The predicted octanol–water partition coefficient (Wildman–Crippen LogP) is 2.14. The summed E-state index contributed by atoms with van der Waals surface area (Å²) in [5.41, 5.74) is 0.419. The number of hydrogen-bond acceptors (Lipinski definition) is 5. The smallest absolute Gasteiger partial charge is 0.308 e. The number of esters is 2. The van der Waals surface area contributed by atoms with Crippen LogP contribution < -0.4 is 4.74 Å². The maximum atomic E-state index is 10.8. The minimum Gasteiger partial charge on any atom is -0.507 e. The molecule has 5 nitrogen and oxygen atoms in total. The van der Waals surface area contributed by atoms with Crippen molar-refractivity contribution in [1.29, 1.82) is 0 Å². The number of phenolic OH excluding ortho intramolecular Hbond substituents is 1. The van der Waals surface area contributed by atoms with E-state index >= 15 is 0 Å². The predicted molar refractivity (Wildman–Crippen MR) is 62.6 cm³/mol. The molecule has 17 heavy (non-hydrogen) atoms. The Morgan fingerprint density at radius 1 is 1.29 bits per heavy atom. The second kappa shape index (κ2) is 5.67. The standard InChI is InChI=1S/C11H11BrO5/c1-6(13)16-5-8-3-9(12)11(4-10(8)15)17-7(2)14/h3-4,15H,5H2,1-2H3. The first-order valence-corrected chi connectivity index (χ1v) is 5.52. The summed E-state index contributed by atoms with van der Waals surface area (Å²) >= 11 is 3.19. The van der Waals surface area contributed by atoms with Crippen molar-refractivity contribution in [1.82, 2.24) is 0 Å². The highest BCUT2D eigenvalue weighted by molar-refractivity contribution is 9.10. The van der Waals surface area contributed by atoms with E-state index in [1.54, 1.807) is 0 Å². The van der Waals surface area contributed by atoms with Gasteiger partial charge in [0.1, 0.15) is 18.1 Å². The van der Waals surface area contributed by atoms with Crippen LogP contribution in [0.5, 0.6) is 11.5 Å². The monoisotopic (exact) mass is 302 g/mol. The zero-order chi connectivity index (χ0) is 13.0. The number of carbonyl (C=O) groups excluding carboxylic acids is 2. The lowest BCUT2D eigenvalue weighted by Gasteiger charge is -2.09. The van der Waals surface area contributed by atoms with Gasteiger partial charge in [0.25, 0.3) is 0 Å². The third-order valence-electron chi connectivity index (χ3n) is 1.82. The van der Waals surface area contributed by atoms with Crippen LogP contribution in [0.1, 0.15) is 19.4 Å². The molecule has 0 saturated carbocycles. The van der Waals surface area contributed by atoms with Crippen molar-refractivity contribution in [3.05, 3.63) is 22.2 Å². The maximum Gasteiger partial charge on any atom is 0.308 e. The highest BCUT2D eigenvalue weighted by Crippen LogP contribution is 2.32. The summed E-state index contributed by atoms with van der Waals surface area (Å²) in [5.74, 6) is -0.824. The highest BCUT2D eigenvalue weighted by Gasteiger charge is 2.11. The van der Waals surface area contributed by atoms with Crippen LogP contribution in [0.15, 0.2) is 16.6 Å². The minimum atomic E-state index is -0.488. The van der Waals surface area contributed by atoms with Gasteiger partial charge in [-0.25, -0.2) is 0 Å². The molecule has 0 unspecified atom stereocenters. The molecule has 1 rings (SSSR count). The molecular formula is C11H11BrO5. The van der Waals surface area contributed by atoms with Gasteiger partial charge in [0.05, 0.1) is 4.47 Å². The molecule has 0 atom stereocenters. The second-order valence-corrected chi connectivity index (χ2v) is 4.14. The molecule has 1 aromatic rings. The Morgan fingerprint density at radius 3 is 2.47 bits per heavy atom. The minimum absolute atomic E-state index is 0.0415. The van der Waals surface area contributed by atoms with Crippen molar-refractivity contribution in [2.45, 2.75) is 20.5 Å². The second-order valence-electron chi connectivity index (χ2n) is 3.29. The lowest BCUT2D eigenvalue weighted by molar-refractivity contribution is -0.142. The molecule has 0 bridgehead atoms. The van der Waals surface area contributed by atoms with Crippen molar-refractivity contribution in [2.24, 2.45) is 0 Å². The number of hydrogen-bond donors (Lipinski definition) is 1. The lowest BCUT2D eigenvalue weighted by Crippen LogP contribution is -2.03. The van der Waals surface area contributed by atoms with E-state index in [0.29, 0.717) is 10.0 Å². The summed E-state index contributed by atoms with van der Waals surface area (Å²) < 4.78 is 10.1. The van der Waals surface area contributed by atoms with Gasteiger partial charge in [-0.3, -0.25) is 9.59 Å². The fourth-order valence-corrected chi connectivity index (χ4v) is 1.58. The largest absolute Gasteiger partial charge is 0.507 e. The molecule has 0 aromatic heterocycles. The first-order chi connectivity index (χ1) is 7.90. The van der Waals surface area contributed by atoms with Gasteiger partial charge in [-0.05, 0) is 22.0 Å². The van der Waals surface area contributed by atoms with Crippen LogP contribution in [0.25, 0.3) is 0 Å². The van der Waals surface area contributed by atoms with Crippen molar-refractivity contribution in [3.8, 4) is 11.5 Å². The van der Waals surface area contributed by atoms with Gasteiger partial charge in [0.2, 0.25) is 0 Å². The zero-order valence-electron chi connectivity index (χ0n) is 9.32. The molecular weight excluding hydrogens is 292 g/mol. The van der Waals surface area contributed by atoms with Gasteiger partial charge in [-0.15, -0.1) is 0 Å². The Labute approximate surface area is 106 Å². The SMILES string of the molecule is CC(=O)OCc1cc(Br)c(OC(C)=O)cc1O. The van der Waals surface area contributed by atoms with Gasteiger partial charge in [0.15, 0.2) is 0 Å². The van der Waals surface area contributed by atoms with Gasteiger partial charge in [-0.2, -0.15) is 0 Å². The van der Waals surface area contributed by atoms with E-state index in [2.05, 4.69) is 15.9 Å². The molecule has 0 spiro atoms. The van der Waals surface area contributed by atoms with E-state index < -0.39 is 11.9 Å². The van der Waals surface area contributed by atoms with Crippen LogP contribution in [0.3, 0.4) is 0 Å². The number of rotatable bonds is 3. The number of carbonyl (C=O) groups is 2. The molecule has 92 valence electrons. The van der Waals surface area contributed by atoms with Gasteiger partial charge < -0.3 is 14.6 Å². The van der Waals surface area contributed by atoms with Gasteiger partial charge in [-0.1, -0.05) is 0 Å². The molecule has 0 aliphatic carbocycles. The molecule has 0 radical (unpaired) electrons. The average Bonchev–Trinajstić information content (AvgIpc) is 2.20. The fraction of sp³-hybridized carbons (Fsp3) is 0.273. The molecule has 0 aliphatic rings. The summed E-state index contributed by atoms with van der Waals surface area (Å²) in [7, 11) is 0. The van der Waals surface area contributed by atoms with E-state index in [4.69, 9.17) is 9.47 Å². The van der Waals surface area contributed by atoms with Crippen molar-refractivity contribution in [2.75, 3.05) is 0 Å². The molecule has 0 heterocycles. The van der Waals surface area contributed by atoms with Gasteiger partial charge in [0, 0.05) is 25.5 Å². The fourth-order valence-electron chi connectivity index (χ4n) is 1.11. The number of benzene rings is 1. The number of aromatic hydroxyl groups is 1. The first kappa shape index (κ1) is 13.5. The molecule has 1 aromatic carbocycles. The molecule has 0 amide bonds. The van der Waals surface area contributed by atoms with E-state index in [0.717, 1.165) is 0 Å². The van der Waals surface area contributed by atoms with Crippen molar-refractivity contribution >= 4 is 27.9 Å². The molecule has 0 fully saturated rings. The van der Waals surface area contributed by atoms with Crippen LogP contribution >= 0.6 is 15.9 Å². The summed E-state index contributed by atoms with van der Waals surface area (Å²) in [6, 6.07) is 2.81. The molecule has 0 aliphatic heterocycles. The van der Waals surface area contributed by atoms with Crippen molar-refractivity contribution in [3.63, 3.8) is 0 Å². The van der Waals surface area contributed by atoms with Crippen LogP contribution in [0.2, 0.25) is 0 Å². The molecule has 0 saturated heterocycles. The van der Waals surface area contributed by atoms with Gasteiger partial charge >= 0.3 is 11.9 Å². The average molecular weight is 303 g/mol. The Balaban J connectivity index is 2.92. The van der Waals surface area contributed by atoms with Crippen molar-refractivity contribution < 1.29 is 24.2 Å². The first-order valence-electron chi connectivity index (χ1n) is 4.73. The molecule has 6 heteroatoms. The quantitative estimate of drug-likeness (QED) is 0.684. The van der Waals surface area contributed by atoms with Crippen LogP contribution in [-0.4, -0.2) is 17.0 Å². The third-order valence-corrected chi connectivity index (χ3v) is 2.44. The third kappa shape index (κ3) is 4.07. The highest BCUT2D eigenvalue weighted by atomic mass is 79.9. The Hall–Kier alpha value is -1.56. The Bertz CT molecular complexity index is 455. The van der Waals surface area contributed by atoms with E-state index in [-0.39, 0.29) is 18.1 Å². The summed E-state index contributed by atoms with van der Waals surface area (Å²) in [5, 5.41) is 9.64. The summed E-state index contributed by atoms with van der Waals surface area (Å²) in [4.78, 5) is 21.4. The van der Waals surface area contributed by atoms with Crippen LogP contribution in [-0.2, 0) is 20.9 Å². The topological polar surface area (TPSA) is 72.8 Å². The number of phenols is 1.